The van der Waals surface area contributed by atoms with Crippen molar-refractivity contribution in [3.63, 3.8) is 0 Å². The lowest BCUT2D eigenvalue weighted by Crippen LogP contribution is -2.48. The maximum absolute atomic E-state index is 2.55. The van der Waals surface area contributed by atoms with E-state index in [2.05, 4.69) is 61.3 Å². The number of rotatable bonds is 3. The van der Waals surface area contributed by atoms with E-state index in [4.69, 9.17) is 0 Å². The first kappa shape index (κ1) is 18.9. The van der Waals surface area contributed by atoms with Crippen LogP contribution in [0.2, 0.25) is 0 Å². The summed E-state index contributed by atoms with van der Waals surface area (Å²) in [7, 11) is 2.19. The van der Waals surface area contributed by atoms with Crippen molar-refractivity contribution < 1.29 is 0 Å². The Balaban J connectivity index is 0.000000211. The third-order valence-electron chi connectivity index (χ3n) is 4.85. The molecule has 2 aliphatic rings. The standard InChI is InChI=1S/C9H20N2.C8H18N2/c1-4-10-5-7-11(8-6-10)9(2)3;1-8(2)10-6-4-9(3)5-7-10/h9H,4-8H2,1-3H3;8H,4-7H2,1-3H3. The van der Waals surface area contributed by atoms with Crippen molar-refractivity contribution in [2.24, 2.45) is 0 Å². The smallest absolute Gasteiger partial charge is 0.0113 e. The van der Waals surface area contributed by atoms with Gasteiger partial charge in [-0.15, -0.1) is 0 Å². The molecule has 0 spiro atoms. The first-order chi connectivity index (χ1) is 9.93. The second kappa shape index (κ2) is 9.78. The second-order valence-corrected chi connectivity index (χ2v) is 7.00. The summed E-state index contributed by atoms with van der Waals surface area (Å²) in [6, 6.07) is 1.46. The summed E-state index contributed by atoms with van der Waals surface area (Å²) in [6.45, 7) is 22.5. The predicted molar refractivity (Wildman–Crippen MR) is 93.0 cm³/mol. The molecule has 2 heterocycles. The summed E-state index contributed by atoms with van der Waals surface area (Å²) in [5, 5.41) is 0. The van der Waals surface area contributed by atoms with Crippen LogP contribution in [0, 0.1) is 0 Å². The van der Waals surface area contributed by atoms with Crippen molar-refractivity contribution >= 4 is 0 Å². The second-order valence-electron chi connectivity index (χ2n) is 7.00. The van der Waals surface area contributed by atoms with Gasteiger partial charge in [0.2, 0.25) is 0 Å². The van der Waals surface area contributed by atoms with Gasteiger partial charge in [0.25, 0.3) is 0 Å². The molecule has 0 aromatic carbocycles. The molecule has 0 aromatic heterocycles. The highest BCUT2D eigenvalue weighted by Gasteiger charge is 2.17. The van der Waals surface area contributed by atoms with Crippen molar-refractivity contribution in [2.75, 3.05) is 66.0 Å². The first-order valence-corrected chi connectivity index (χ1v) is 8.83. The maximum atomic E-state index is 2.55. The molecular weight excluding hydrogens is 260 g/mol. The highest BCUT2D eigenvalue weighted by Crippen LogP contribution is 2.04. The van der Waals surface area contributed by atoms with Gasteiger partial charge in [-0.1, -0.05) is 6.92 Å². The van der Waals surface area contributed by atoms with E-state index in [1.54, 1.807) is 0 Å². The molecule has 0 saturated carbocycles. The Labute approximate surface area is 133 Å². The van der Waals surface area contributed by atoms with Gasteiger partial charge < -0.3 is 9.80 Å². The van der Waals surface area contributed by atoms with Gasteiger partial charge in [0.1, 0.15) is 0 Å². The fourth-order valence-corrected chi connectivity index (χ4v) is 2.93. The van der Waals surface area contributed by atoms with Gasteiger partial charge >= 0.3 is 0 Å². The van der Waals surface area contributed by atoms with E-state index >= 15 is 0 Å². The molecule has 2 fully saturated rings. The van der Waals surface area contributed by atoms with Crippen LogP contribution in [0.4, 0.5) is 0 Å². The summed E-state index contributed by atoms with van der Waals surface area (Å²) in [6.07, 6.45) is 0. The molecule has 0 bridgehead atoms. The zero-order valence-corrected chi connectivity index (χ0v) is 15.3. The molecule has 0 aromatic rings. The third kappa shape index (κ3) is 7.09. The number of hydrogen-bond acceptors (Lipinski definition) is 4. The molecule has 4 nitrogen and oxygen atoms in total. The lowest BCUT2D eigenvalue weighted by atomic mass is 10.2. The lowest BCUT2D eigenvalue weighted by Gasteiger charge is -2.36. The van der Waals surface area contributed by atoms with E-state index in [9.17, 15) is 0 Å². The van der Waals surface area contributed by atoms with Gasteiger partial charge in [0.15, 0.2) is 0 Å². The van der Waals surface area contributed by atoms with Crippen LogP contribution in [0.15, 0.2) is 0 Å². The Morgan fingerprint density at radius 1 is 0.667 bits per heavy atom. The molecule has 2 rings (SSSR count). The summed E-state index contributed by atoms with van der Waals surface area (Å²) < 4.78 is 0. The van der Waals surface area contributed by atoms with Crippen LogP contribution in [-0.2, 0) is 0 Å². The molecule has 2 aliphatic heterocycles. The predicted octanol–water partition coefficient (Wildman–Crippen LogP) is 1.67. The number of nitrogens with zero attached hydrogens (tertiary/aromatic N) is 4. The Bertz CT molecular complexity index is 252. The average Bonchev–Trinajstić information content (AvgIpc) is 2.48. The largest absolute Gasteiger partial charge is 0.304 e. The van der Waals surface area contributed by atoms with Crippen molar-refractivity contribution in [1.82, 2.24) is 19.6 Å². The molecule has 0 N–H and O–H groups in total. The van der Waals surface area contributed by atoms with E-state index < -0.39 is 0 Å². The van der Waals surface area contributed by atoms with Crippen molar-refractivity contribution in [3.05, 3.63) is 0 Å². The molecule has 0 aliphatic carbocycles. The molecule has 126 valence electrons. The topological polar surface area (TPSA) is 13.0 Å². The van der Waals surface area contributed by atoms with Crippen LogP contribution in [0.25, 0.3) is 0 Å². The minimum Gasteiger partial charge on any atom is -0.304 e. The normalized spacial score (nSPS) is 23.4. The van der Waals surface area contributed by atoms with Gasteiger partial charge in [0.05, 0.1) is 0 Å². The van der Waals surface area contributed by atoms with Crippen LogP contribution < -0.4 is 0 Å². The monoisotopic (exact) mass is 298 g/mol. The molecule has 0 unspecified atom stereocenters. The molecule has 21 heavy (non-hydrogen) atoms. The van der Waals surface area contributed by atoms with Crippen LogP contribution in [0.1, 0.15) is 34.6 Å². The minimum absolute atomic E-state index is 0.730. The van der Waals surface area contributed by atoms with Crippen LogP contribution >= 0.6 is 0 Å². The van der Waals surface area contributed by atoms with E-state index in [1.807, 2.05) is 0 Å². The molecular formula is C17H38N4. The van der Waals surface area contributed by atoms with Crippen molar-refractivity contribution in [3.8, 4) is 0 Å². The maximum Gasteiger partial charge on any atom is 0.0113 e. The number of piperazine rings is 2. The third-order valence-corrected chi connectivity index (χ3v) is 4.85. The van der Waals surface area contributed by atoms with Gasteiger partial charge in [-0.25, -0.2) is 0 Å². The lowest BCUT2D eigenvalue weighted by molar-refractivity contribution is 0.112. The SMILES string of the molecule is CC(C)N1CCN(C)CC1.CCN1CCN(C(C)C)CC1. The molecule has 0 atom stereocenters. The van der Waals surface area contributed by atoms with Crippen molar-refractivity contribution in [1.29, 1.82) is 0 Å². The Hall–Kier alpha value is -0.160. The Morgan fingerprint density at radius 2 is 1.05 bits per heavy atom. The van der Waals surface area contributed by atoms with E-state index in [-0.39, 0.29) is 0 Å². The van der Waals surface area contributed by atoms with Crippen LogP contribution in [-0.4, -0.2) is 97.6 Å². The first-order valence-electron chi connectivity index (χ1n) is 8.83. The van der Waals surface area contributed by atoms with Crippen LogP contribution in [0.5, 0.6) is 0 Å². The zero-order chi connectivity index (χ0) is 15.8. The number of hydrogen-bond donors (Lipinski definition) is 0. The molecule has 0 amide bonds. The van der Waals surface area contributed by atoms with Crippen molar-refractivity contribution in [2.45, 2.75) is 46.7 Å². The summed E-state index contributed by atoms with van der Waals surface area (Å²) >= 11 is 0. The fourth-order valence-electron chi connectivity index (χ4n) is 2.93. The van der Waals surface area contributed by atoms with Gasteiger partial charge in [0, 0.05) is 64.4 Å². The molecule has 0 radical (unpaired) electrons. The van der Waals surface area contributed by atoms with E-state index in [0.717, 1.165) is 12.1 Å². The van der Waals surface area contributed by atoms with Gasteiger partial charge in [-0.05, 0) is 41.3 Å². The highest BCUT2D eigenvalue weighted by atomic mass is 15.3. The van der Waals surface area contributed by atoms with E-state index in [1.165, 1.54) is 58.9 Å². The quantitative estimate of drug-likeness (QED) is 0.786. The summed E-state index contributed by atoms with van der Waals surface area (Å²) in [4.78, 5) is 9.98. The van der Waals surface area contributed by atoms with Crippen LogP contribution in [0.3, 0.4) is 0 Å². The zero-order valence-electron chi connectivity index (χ0n) is 15.3. The average molecular weight is 299 g/mol. The Morgan fingerprint density at radius 3 is 1.38 bits per heavy atom. The summed E-state index contributed by atoms with van der Waals surface area (Å²) in [5.74, 6) is 0. The van der Waals surface area contributed by atoms with E-state index in [0.29, 0.717) is 0 Å². The highest BCUT2D eigenvalue weighted by molar-refractivity contribution is 4.73. The van der Waals surface area contributed by atoms with Gasteiger partial charge in [-0.3, -0.25) is 9.80 Å². The Kier molecular flexibility index (Phi) is 8.79. The summed E-state index contributed by atoms with van der Waals surface area (Å²) in [5.41, 5.74) is 0. The minimum atomic E-state index is 0.730. The molecule has 4 heteroatoms. The number of likely N-dealkylation sites (N-methyl/N-ethyl adjacent to an activating group) is 2. The molecule has 2 saturated heterocycles. The fraction of sp³-hybridized carbons (Fsp3) is 1.00. The van der Waals surface area contributed by atoms with Gasteiger partial charge in [-0.2, -0.15) is 0 Å².